The molecular weight excluding hydrogens is 476 g/mol. The topological polar surface area (TPSA) is 142 Å². The minimum Gasteiger partial charge on any atom is -0.452 e. The standard InChI is InChI=1S/C24H22N2O8S/c1-15-8-9-17(3)22(12-15)35(31,32)34-21-7-5-4-6-19(21)24(28)33-14-23(27)25-20-13-18(26(29)30)11-10-16(20)2/h4-13H,14H2,1-3H3,(H,25,27). The van der Waals surface area contributed by atoms with Crippen molar-refractivity contribution in [1.29, 1.82) is 0 Å². The van der Waals surface area contributed by atoms with Crippen molar-refractivity contribution in [2.75, 3.05) is 11.9 Å². The molecule has 3 aromatic carbocycles. The van der Waals surface area contributed by atoms with Crippen molar-refractivity contribution in [2.24, 2.45) is 0 Å². The van der Waals surface area contributed by atoms with Crippen molar-refractivity contribution >= 4 is 33.4 Å². The van der Waals surface area contributed by atoms with E-state index in [-0.39, 0.29) is 27.6 Å². The molecule has 1 amide bonds. The van der Waals surface area contributed by atoms with Gasteiger partial charge in [-0.2, -0.15) is 8.42 Å². The normalized spacial score (nSPS) is 10.9. The highest BCUT2D eigenvalue weighted by molar-refractivity contribution is 7.87. The second kappa shape index (κ2) is 10.3. The average Bonchev–Trinajstić information content (AvgIpc) is 2.80. The second-order valence-corrected chi connectivity index (χ2v) is 9.20. The van der Waals surface area contributed by atoms with E-state index in [0.29, 0.717) is 11.1 Å². The molecule has 0 aliphatic carbocycles. The van der Waals surface area contributed by atoms with Crippen molar-refractivity contribution in [3.8, 4) is 5.75 Å². The lowest BCUT2D eigenvalue weighted by Crippen LogP contribution is -2.22. The van der Waals surface area contributed by atoms with E-state index in [4.69, 9.17) is 8.92 Å². The van der Waals surface area contributed by atoms with Crippen molar-refractivity contribution < 1.29 is 31.9 Å². The maximum atomic E-state index is 12.8. The summed E-state index contributed by atoms with van der Waals surface area (Å²) >= 11 is 0. The second-order valence-electron chi connectivity index (χ2n) is 7.68. The molecule has 182 valence electrons. The van der Waals surface area contributed by atoms with Crippen LogP contribution in [0.25, 0.3) is 0 Å². The molecule has 10 nitrogen and oxygen atoms in total. The van der Waals surface area contributed by atoms with Crippen LogP contribution in [0.1, 0.15) is 27.0 Å². The van der Waals surface area contributed by atoms with Crippen LogP contribution in [0.3, 0.4) is 0 Å². The Morgan fingerprint density at radius 2 is 1.66 bits per heavy atom. The summed E-state index contributed by atoms with van der Waals surface area (Å²) in [5.74, 6) is -1.97. The van der Waals surface area contributed by atoms with Crippen LogP contribution in [0.15, 0.2) is 65.6 Å². The number of hydrogen-bond acceptors (Lipinski definition) is 8. The number of para-hydroxylation sites is 1. The number of hydrogen-bond donors (Lipinski definition) is 1. The van der Waals surface area contributed by atoms with E-state index >= 15 is 0 Å². The van der Waals surface area contributed by atoms with Gasteiger partial charge in [-0.05, 0) is 55.7 Å². The number of nitrogens with zero attached hydrogens (tertiary/aromatic N) is 1. The Hall–Kier alpha value is -4.25. The first-order valence-electron chi connectivity index (χ1n) is 10.3. The first kappa shape index (κ1) is 25.4. The number of rotatable bonds is 8. The first-order chi connectivity index (χ1) is 16.5. The number of ether oxygens (including phenoxy) is 1. The summed E-state index contributed by atoms with van der Waals surface area (Å²) in [5, 5.41) is 13.4. The van der Waals surface area contributed by atoms with Gasteiger partial charge in [0.05, 0.1) is 10.6 Å². The molecule has 3 rings (SSSR count). The van der Waals surface area contributed by atoms with E-state index in [2.05, 4.69) is 5.32 Å². The summed E-state index contributed by atoms with van der Waals surface area (Å²) in [7, 11) is -4.25. The zero-order valence-corrected chi connectivity index (χ0v) is 19.9. The lowest BCUT2D eigenvalue weighted by molar-refractivity contribution is -0.384. The minimum absolute atomic E-state index is 0.0348. The molecule has 11 heteroatoms. The molecule has 1 N–H and O–H groups in total. The Balaban J connectivity index is 1.73. The number of benzene rings is 3. The molecular formula is C24H22N2O8S. The fourth-order valence-corrected chi connectivity index (χ4v) is 4.37. The van der Waals surface area contributed by atoms with E-state index in [1.54, 1.807) is 32.9 Å². The Bertz CT molecular complexity index is 1420. The van der Waals surface area contributed by atoms with Gasteiger partial charge in [-0.1, -0.05) is 30.3 Å². The predicted molar refractivity (Wildman–Crippen MR) is 127 cm³/mol. The Kier molecular flexibility index (Phi) is 7.50. The van der Waals surface area contributed by atoms with Crippen LogP contribution in [0, 0.1) is 30.9 Å². The van der Waals surface area contributed by atoms with E-state index in [0.717, 1.165) is 5.56 Å². The number of esters is 1. The lowest BCUT2D eigenvalue weighted by Gasteiger charge is -2.13. The quantitative estimate of drug-likeness (QED) is 0.212. The summed E-state index contributed by atoms with van der Waals surface area (Å²) in [4.78, 5) is 35.2. The van der Waals surface area contributed by atoms with Gasteiger partial charge in [-0.15, -0.1) is 0 Å². The number of non-ortho nitro benzene ring substituents is 1. The molecule has 0 aromatic heterocycles. The number of carbonyl (C=O) groups excluding carboxylic acids is 2. The van der Waals surface area contributed by atoms with Gasteiger partial charge >= 0.3 is 16.1 Å². The third-order valence-corrected chi connectivity index (χ3v) is 6.34. The molecule has 0 aliphatic rings. The highest BCUT2D eigenvalue weighted by atomic mass is 32.2. The number of amides is 1. The van der Waals surface area contributed by atoms with Crippen LogP contribution < -0.4 is 9.50 Å². The van der Waals surface area contributed by atoms with Crippen LogP contribution in [-0.2, 0) is 19.6 Å². The third kappa shape index (κ3) is 6.21. The Morgan fingerprint density at radius 1 is 0.971 bits per heavy atom. The van der Waals surface area contributed by atoms with Crippen LogP contribution in [0.4, 0.5) is 11.4 Å². The van der Waals surface area contributed by atoms with Crippen LogP contribution in [0.2, 0.25) is 0 Å². The lowest BCUT2D eigenvalue weighted by atomic mass is 10.2. The maximum Gasteiger partial charge on any atom is 0.342 e. The minimum atomic E-state index is -4.25. The molecule has 0 heterocycles. The van der Waals surface area contributed by atoms with Crippen molar-refractivity contribution in [2.45, 2.75) is 25.7 Å². The summed E-state index contributed by atoms with van der Waals surface area (Å²) in [5.41, 5.74) is 1.56. The summed E-state index contributed by atoms with van der Waals surface area (Å²) in [6.45, 7) is 4.30. The van der Waals surface area contributed by atoms with Crippen molar-refractivity contribution in [3.63, 3.8) is 0 Å². The summed E-state index contributed by atoms with van der Waals surface area (Å²) in [6.07, 6.45) is 0. The van der Waals surface area contributed by atoms with E-state index in [9.17, 15) is 28.1 Å². The van der Waals surface area contributed by atoms with Gasteiger partial charge in [0.25, 0.3) is 11.6 Å². The highest BCUT2D eigenvalue weighted by Crippen LogP contribution is 2.26. The van der Waals surface area contributed by atoms with Crippen LogP contribution in [-0.4, -0.2) is 31.8 Å². The predicted octanol–water partition coefficient (Wildman–Crippen LogP) is 4.08. The molecule has 35 heavy (non-hydrogen) atoms. The van der Waals surface area contributed by atoms with Crippen molar-refractivity contribution in [1.82, 2.24) is 0 Å². The monoisotopic (exact) mass is 498 g/mol. The Labute approximate surface area is 201 Å². The van der Waals surface area contributed by atoms with E-state index in [1.165, 1.54) is 48.5 Å². The molecule has 3 aromatic rings. The fourth-order valence-electron chi connectivity index (χ4n) is 3.10. The van der Waals surface area contributed by atoms with Crippen molar-refractivity contribution in [3.05, 3.63) is 93.0 Å². The Morgan fingerprint density at radius 3 is 2.37 bits per heavy atom. The average molecular weight is 499 g/mol. The highest BCUT2D eigenvalue weighted by Gasteiger charge is 2.24. The number of nitro groups is 1. The molecule has 0 radical (unpaired) electrons. The van der Waals surface area contributed by atoms with Gasteiger partial charge < -0.3 is 14.2 Å². The van der Waals surface area contributed by atoms with Crippen LogP contribution >= 0.6 is 0 Å². The van der Waals surface area contributed by atoms with Gasteiger partial charge in [-0.25, -0.2) is 4.79 Å². The number of carbonyl (C=O) groups is 2. The third-order valence-electron chi connectivity index (χ3n) is 4.96. The smallest absolute Gasteiger partial charge is 0.342 e. The van der Waals surface area contributed by atoms with E-state index < -0.39 is 33.5 Å². The van der Waals surface area contributed by atoms with E-state index in [1.807, 2.05) is 0 Å². The van der Waals surface area contributed by atoms with Gasteiger partial charge in [-0.3, -0.25) is 14.9 Å². The van der Waals surface area contributed by atoms with Gasteiger partial charge in [0.2, 0.25) is 0 Å². The van der Waals surface area contributed by atoms with Gasteiger partial charge in [0.1, 0.15) is 10.5 Å². The number of anilines is 1. The molecule has 0 saturated heterocycles. The molecule has 0 bridgehead atoms. The molecule has 0 fully saturated rings. The number of nitrogens with one attached hydrogen (secondary N) is 1. The first-order valence-corrected chi connectivity index (χ1v) is 11.7. The number of nitro benzene ring substituents is 1. The number of aryl methyl sites for hydroxylation is 3. The zero-order chi connectivity index (χ0) is 25.8. The summed E-state index contributed by atoms with van der Waals surface area (Å²) in [6, 6.07) is 14.4. The largest absolute Gasteiger partial charge is 0.452 e. The fraction of sp³-hybridized carbons (Fsp3) is 0.167. The molecule has 0 unspecified atom stereocenters. The summed E-state index contributed by atoms with van der Waals surface area (Å²) < 4.78 is 35.9. The molecule has 0 aliphatic heterocycles. The van der Waals surface area contributed by atoms with Crippen LogP contribution in [0.5, 0.6) is 5.75 Å². The maximum absolute atomic E-state index is 12.8. The van der Waals surface area contributed by atoms with Gasteiger partial charge in [0.15, 0.2) is 12.4 Å². The molecule has 0 spiro atoms. The zero-order valence-electron chi connectivity index (χ0n) is 19.1. The molecule has 0 atom stereocenters. The SMILES string of the molecule is Cc1ccc(C)c(S(=O)(=O)Oc2ccccc2C(=O)OCC(=O)Nc2cc([N+](=O)[O-])ccc2C)c1. The molecule has 0 saturated carbocycles. The van der Waals surface area contributed by atoms with Gasteiger partial charge in [0, 0.05) is 12.1 Å².